The maximum Gasteiger partial charge on any atom is 0.289 e. The van der Waals surface area contributed by atoms with Crippen molar-refractivity contribution < 1.29 is 9.53 Å². The summed E-state index contributed by atoms with van der Waals surface area (Å²) in [5.41, 5.74) is 12.2. The predicted molar refractivity (Wildman–Crippen MR) is 119 cm³/mol. The summed E-state index contributed by atoms with van der Waals surface area (Å²) in [6, 6.07) is 20.8. The second-order valence-electron chi connectivity index (χ2n) is 6.79. The number of carbonyl (C=O) groups is 1. The highest BCUT2D eigenvalue weighted by Crippen LogP contribution is 2.36. The minimum Gasteiger partial charge on any atom is -0.496 e. The number of H-pyrrole nitrogens is 1. The Bertz CT molecular complexity index is 1240. The average molecular weight is 399 g/mol. The molecule has 0 bridgehead atoms. The van der Waals surface area contributed by atoms with Gasteiger partial charge in [0.15, 0.2) is 0 Å². The van der Waals surface area contributed by atoms with Crippen LogP contribution in [-0.4, -0.2) is 28.9 Å². The number of hydrogen-bond acceptors (Lipinski definition) is 5. The molecule has 3 aromatic carbocycles. The van der Waals surface area contributed by atoms with Crippen LogP contribution in [-0.2, 0) is 0 Å². The Hall–Kier alpha value is -4.13. The van der Waals surface area contributed by atoms with E-state index in [0.717, 1.165) is 21.9 Å². The summed E-state index contributed by atoms with van der Waals surface area (Å²) < 4.78 is 5.53. The molecule has 1 amide bonds. The van der Waals surface area contributed by atoms with E-state index >= 15 is 0 Å². The molecule has 7 heteroatoms. The number of hydrogen-bond donors (Lipinski definition) is 3. The van der Waals surface area contributed by atoms with Gasteiger partial charge in [-0.15, -0.1) is 0 Å². The number of methoxy groups -OCH3 is 1. The molecule has 7 nitrogen and oxygen atoms in total. The van der Waals surface area contributed by atoms with Crippen LogP contribution in [0.25, 0.3) is 22.0 Å². The van der Waals surface area contributed by atoms with Gasteiger partial charge in [-0.2, -0.15) is 10.2 Å². The Kier molecular flexibility index (Phi) is 5.17. The standard InChI is InChI=1S/C23H21N5O2/c1-14(15-7-10-17(24)11-8-15)25-28-23(29)20-13-19(26-27-20)22-18-6-4-3-5-16(18)9-12-21(22)30-2/h3-13H,24H2,1-2H3,(H,26,27)(H,28,29)/b25-14+. The van der Waals surface area contributed by atoms with E-state index in [2.05, 4.69) is 20.7 Å². The smallest absolute Gasteiger partial charge is 0.289 e. The molecular formula is C23H21N5O2. The van der Waals surface area contributed by atoms with Crippen LogP contribution < -0.4 is 15.9 Å². The zero-order valence-electron chi connectivity index (χ0n) is 16.6. The van der Waals surface area contributed by atoms with Gasteiger partial charge < -0.3 is 10.5 Å². The molecule has 1 aromatic heterocycles. The van der Waals surface area contributed by atoms with E-state index < -0.39 is 0 Å². The summed E-state index contributed by atoms with van der Waals surface area (Å²) in [4.78, 5) is 12.6. The number of fused-ring (bicyclic) bond motifs is 1. The van der Waals surface area contributed by atoms with E-state index in [1.165, 1.54) is 0 Å². The summed E-state index contributed by atoms with van der Waals surface area (Å²) >= 11 is 0. The fourth-order valence-corrected chi connectivity index (χ4v) is 3.24. The van der Waals surface area contributed by atoms with Crippen molar-refractivity contribution in [2.45, 2.75) is 6.92 Å². The third kappa shape index (κ3) is 3.73. The van der Waals surface area contributed by atoms with Crippen molar-refractivity contribution in [3.05, 3.63) is 78.0 Å². The molecule has 0 atom stereocenters. The lowest BCUT2D eigenvalue weighted by Crippen LogP contribution is -2.19. The molecule has 0 unspecified atom stereocenters. The van der Waals surface area contributed by atoms with Gasteiger partial charge in [-0.05, 0) is 47.5 Å². The topological polar surface area (TPSA) is 105 Å². The summed E-state index contributed by atoms with van der Waals surface area (Å²) in [5, 5.41) is 13.3. The van der Waals surface area contributed by atoms with Crippen molar-refractivity contribution in [1.82, 2.24) is 15.6 Å². The first-order chi connectivity index (χ1) is 14.6. The van der Waals surface area contributed by atoms with Crippen molar-refractivity contribution in [2.24, 2.45) is 5.10 Å². The highest BCUT2D eigenvalue weighted by Gasteiger charge is 2.16. The molecule has 150 valence electrons. The Morgan fingerprint density at radius 2 is 1.87 bits per heavy atom. The SMILES string of the molecule is COc1ccc2ccccc2c1-c1cc(C(=O)N/N=C(\C)c2ccc(N)cc2)[nH]n1. The predicted octanol–water partition coefficient (Wildman–Crippen LogP) is 3.97. The Morgan fingerprint density at radius 3 is 2.63 bits per heavy atom. The van der Waals surface area contributed by atoms with E-state index in [1.54, 1.807) is 25.3 Å². The first-order valence-electron chi connectivity index (χ1n) is 9.39. The van der Waals surface area contributed by atoms with Crippen molar-refractivity contribution >= 4 is 28.1 Å². The Morgan fingerprint density at radius 1 is 1.10 bits per heavy atom. The van der Waals surface area contributed by atoms with Gasteiger partial charge in [0.05, 0.1) is 24.1 Å². The van der Waals surface area contributed by atoms with Crippen LogP contribution in [0.4, 0.5) is 5.69 Å². The molecule has 0 aliphatic rings. The molecule has 4 N–H and O–H groups in total. The quantitative estimate of drug-likeness (QED) is 0.268. The highest BCUT2D eigenvalue weighted by atomic mass is 16.5. The zero-order valence-corrected chi connectivity index (χ0v) is 16.6. The van der Waals surface area contributed by atoms with E-state index in [4.69, 9.17) is 10.5 Å². The number of carbonyl (C=O) groups excluding carboxylic acids is 1. The number of hydrazone groups is 1. The number of aromatic amines is 1. The van der Waals surface area contributed by atoms with Gasteiger partial charge in [-0.3, -0.25) is 9.89 Å². The molecule has 1 heterocycles. The van der Waals surface area contributed by atoms with Gasteiger partial charge in [-0.25, -0.2) is 5.43 Å². The van der Waals surface area contributed by atoms with E-state index in [1.807, 2.05) is 55.5 Å². The lowest BCUT2D eigenvalue weighted by Gasteiger charge is -2.09. The number of nitrogen functional groups attached to an aromatic ring is 1. The molecule has 30 heavy (non-hydrogen) atoms. The first-order valence-corrected chi connectivity index (χ1v) is 9.39. The van der Waals surface area contributed by atoms with Gasteiger partial charge in [0.2, 0.25) is 0 Å². The summed E-state index contributed by atoms with van der Waals surface area (Å²) in [6.45, 7) is 1.81. The second-order valence-corrected chi connectivity index (χ2v) is 6.79. The number of ether oxygens (including phenoxy) is 1. The molecule has 0 aliphatic carbocycles. The number of aromatic nitrogens is 2. The first kappa shape index (κ1) is 19.2. The van der Waals surface area contributed by atoms with Crippen molar-refractivity contribution in [1.29, 1.82) is 0 Å². The van der Waals surface area contributed by atoms with Crippen LogP contribution in [0.5, 0.6) is 5.75 Å². The molecule has 0 spiro atoms. The lowest BCUT2D eigenvalue weighted by atomic mass is 10.0. The van der Waals surface area contributed by atoms with Gasteiger partial charge in [-0.1, -0.05) is 42.5 Å². The summed E-state index contributed by atoms with van der Waals surface area (Å²) in [7, 11) is 1.61. The Balaban J connectivity index is 1.60. The number of nitrogens with two attached hydrogens (primary N) is 1. The van der Waals surface area contributed by atoms with Crippen LogP contribution in [0.1, 0.15) is 23.0 Å². The van der Waals surface area contributed by atoms with E-state index in [0.29, 0.717) is 28.5 Å². The number of benzene rings is 3. The molecule has 4 rings (SSSR count). The third-order valence-corrected chi connectivity index (χ3v) is 4.84. The second kappa shape index (κ2) is 8.08. The lowest BCUT2D eigenvalue weighted by molar-refractivity contribution is 0.0950. The fourth-order valence-electron chi connectivity index (χ4n) is 3.24. The van der Waals surface area contributed by atoms with Gasteiger partial charge in [0, 0.05) is 5.69 Å². The average Bonchev–Trinajstić information content (AvgIpc) is 3.26. The molecule has 0 aliphatic heterocycles. The van der Waals surface area contributed by atoms with Crippen LogP contribution in [0, 0.1) is 0 Å². The minimum absolute atomic E-state index is 0.300. The molecule has 0 saturated carbocycles. The van der Waals surface area contributed by atoms with Crippen LogP contribution in [0.2, 0.25) is 0 Å². The number of anilines is 1. The maximum atomic E-state index is 12.6. The van der Waals surface area contributed by atoms with Gasteiger partial charge in [0.25, 0.3) is 5.91 Å². The zero-order chi connectivity index (χ0) is 21.1. The molecule has 0 fully saturated rings. The van der Waals surface area contributed by atoms with E-state index in [-0.39, 0.29) is 5.91 Å². The van der Waals surface area contributed by atoms with Crippen molar-refractivity contribution in [3.63, 3.8) is 0 Å². The van der Waals surface area contributed by atoms with Crippen molar-refractivity contribution in [2.75, 3.05) is 12.8 Å². The molecular weight excluding hydrogens is 378 g/mol. The number of nitrogens with zero attached hydrogens (tertiary/aromatic N) is 2. The summed E-state index contributed by atoms with van der Waals surface area (Å²) in [5.74, 6) is 0.298. The maximum absolute atomic E-state index is 12.6. The van der Waals surface area contributed by atoms with Crippen LogP contribution in [0.15, 0.2) is 71.8 Å². The Labute approximate surface area is 173 Å². The minimum atomic E-state index is -0.386. The summed E-state index contributed by atoms with van der Waals surface area (Å²) in [6.07, 6.45) is 0. The monoisotopic (exact) mass is 399 g/mol. The fraction of sp³-hybridized carbons (Fsp3) is 0.0870. The molecule has 4 aromatic rings. The number of nitrogens with one attached hydrogen (secondary N) is 2. The van der Waals surface area contributed by atoms with E-state index in [9.17, 15) is 4.79 Å². The third-order valence-electron chi connectivity index (χ3n) is 4.84. The van der Waals surface area contributed by atoms with Crippen molar-refractivity contribution in [3.8, 4) is 17.0 Å². The largest absolute Gasteiger partial charge is 0.496 e. The molecule has 0 saturated heterocycles. The number of amides is 1. The van der Waals surface area contributed by atoms with Gasteiger partial charge >= 0.3 is 0 Å². The normalized spacial score (nSPS) is 11.5. The van der Waals surface area contributed by atoms with Crippen LogP contribution >= 0.6 is 0 Å². The molecule has 0 radical (unpaired) electrons. The van der Waals surface area contributed by atoms with Gasteiger partial charge in [0.1, 0.15) is 11.4 Å². The number of rotatable bonds is 5. The van der Waals surface area contributed by atoms with Crippen LogP contribution in [0.3, 0.4) is 0 Å². The highest BCUT2D eigenvalue weighted by molar-refractivity contribution is 6.02.